The molecule has 33 heavy (non-hydrogen) atoms. The fourth-order valence-electron chi connectivity index (χ4n) is 3.91. The molecule has 0 unspecified atom stereocenters. The maximum atomic E-state index is 13.2. The molecule has 2 aliphatic heterocycles. The lowest BCUT2D eigenvalue weighted by atomic mass is 9.93. The Kier molecular flexibility index (Phi) is 5.47. The highest BCUT2D eigenvalue weighted by molar-refractivity contribution is 7.91. The quantitative estimate of drug-likeness (QED) is 0.288. The first kappa shape index (κ1) is 22.2. The number of imide groups is 1. The highest BCUT2D eigenvalue weighted by Gasteiger charge is 2.43. The highest BCUT2D eigenvalue weighted by atomic mass is 32.2. The molecule has 4 rings (SSSR count). The molecule has 0 spiro atoms. The fourth-order valence-corrected chi connectivity index (χ4v) is 5.61. The second-order valence-electron chi connectivity index (χ2n) is 7.72. The minimum atomic E-state index is -3.37. The lowest BCUT2D eigenvalue weighted by Crippen LogP contribution is -2.49. The van der Waals surface area contributed by atoms with Gasteiger partial charge in [0.15, 0.2) is 9.84 Å². The Morgan fingerprint density at radius 1 is 1.24 bits per heavy atom. The summed E-state index contributed by atoms with van der Waals surface area (Å²) < 4.78 is 29.5. The van der Waals surface area contributed by atoms with E-state index in [0.717, 1.165) is 4.90 Å². The molecule has 0 aliphatic carbocycles. The first-order valence-corrected chi connectivity index (χ1v) is 11.7. The van der Waals surface area contributed by atoms with Crippen molar-refractivity contribution in [2.75, 3.05) is 11.5 Å². The van der Waals surface area contributed by atoms with Crippen molar-refractivity contribution < 1.29 is 27.3 Å². The molecule has 0 N–H and O–H groups in total. The normalized spacial score (nSPS) is 21.5. The minimum absolute atomic E-state index is 0.0374. The first-order chi connectivity index (χ1) is 15.6. The zero-order valence-electron chi connectivity index (χ0n) is 17.3. The van der Waals surface area contributed by atoms with Gasteiger partial charge in [0.25, 0.3) is 17.5 Å². The molecular formula is C22H17N3O7S. The van der Waals surface area contributed by atoms with E-state index in [2.05, 4.69) is 0 Å². The van der Waals surface area contributed by atoms with Crippen LogP contribution in [-0.2, 0) is 19.4 Å². The van der Waals surface area contributed by atoms with Crippen LogP contribution in [0.4, 0.5) is 5.69 Å². The van der Waals surface area contributed by atoms with Gasteiger partial charge < -0.3 is 4.42 Å². The summed E-state index contributed by atoms with van der Waals surface area (Å²) in [6.07, 6.45) is 1.49. The van der Waals surface area contributed by atoms with Crippen LogP contribution in [0.15, 0.2) is 57.5 Å². The number of nitrogens with zero attached hydrogens (tertiary/aromatic N) is 3. The van der Waals surface area contributed by atoms with Gasteiger partial charge in [-0.3, -0.25) is 24.6 Å². The summed E-state index contributed by atoms with van der Waals surface area (Å²) in [4.78, 5) is 37.3. The number of furan rings is 1. The second kappa shape index (κ2) is 8.14. The monoisotopic (exact) mass is 467 g/mol. The topological polar surface area (TPSA) is 152 Å². The Hall–Kier alpha value is -4.04. The van der Waals surface area contributed by atoms with Crippen LogP contribution in [0.25, 0.3) is 17.4 Å². The lowest BCUT2D eigenvalue weighted by molar-refractivity contribution is -0.384. The number of nitriles is 1. The predicted octanol–water partition coefficient (Wildman–Crippen LogP) is 2.63. The van der Waals surface area contributed by atoms with Crippen molar-refractivity contribution in [3.8, 4) is 17.4 Å². The van der Waals surface area contributed by atoms with Gasteiger partial charge in [0.05, 0.1) is 22.5 Å². The first-order valence-electron chi connectivity index (χ1n) is 9.87. The summed E-state index contributed by atoms with van der Waals surface area (Å²) in [6.45, 7) is 1.47. The fraction of sp³-hybridized carbons (Fsp3) is 0.227. The van der Waals surface area contributed by atoms with Crippen LogP contribution >= 0.6 is 0 Å². The molecule has 2 amide bonds. The maximum Gasteiger partial charge on any atom is 0.271 e. The molecule has 1 fully saturated rings. The smallest absolute Gasteiger partial charge is 0.271 e. The minimum Gasteiger partial charge on any atom is -0.457 e. The number of nitro groups is 1. The van der Waals surface area contributed by atoms with Crippen molar-refractivity contribution in [1.82, 2.24) is 4.90 Å². The number of sulfone groups is 1. The molecule has 1 atom stereocenters. The van der Waals surface area contributed by atoms with Crippen molar-refractivity contribution in [1.29, 1.82) is 5.26 Å². The number of amides is 2. The molecule has 1 saturated heterocycles. The van der Waals surface area contributed by atoms with E-state index < -0.39 is 32.6 Å². The predicted molar refractivity (Wildman–Crippen MR) is 116 cm³/mol. The van der Waals surface area contributed by atoms with E-state index in [1.54, 1.807) is 18.2 Å². The van der Waals surface area contributed by atoms with E-state index in [0.29, 0.717) is 11.3 Å². The summed E-state index contributed by atoms with van der Waals surface area (Å²) in [5.41, 5.74) is 0.315. The molecule has 1 aromatic heterocycles. The summed E-state index contributed by atoms with van der Waals surface area (Å²) in [5, 5.41) is 20.5. The van der Waals surface area contributed by atoms with E-state index in [9.17, 15) is 33.4 Å². The number of non-ortho nitro benzene ring substituents is 1. The van der Waals surface area contributed by atoms with Crippen LogP contribution in [0, 0.1) is 21.4 Å². The molecule has 10 nitrogen and oxygen atoms in total. The number of carbonyl (C=O) groups is 2. The summed E-state index contributed by atoms with van der Waals surface area (Å²) in [7, 11) is -3.37. The number of carbonyl (C=O) groups excluding carboxylic acids is 2. The molecular weight excluding hydrogens is 450 g/mol. The number of hydrogen-bond acceptors (Lipinski definition) is 8. The summed E-state index contributed by atoms with van der Waals surface area (Å²) >= 11 is 0. The average Bonchev–Trinajstić information content (AvgIpc) is 3.38. The van der Waals surface area contributed by atoms with Gasteiger partial charge >= 0.3 is 0 Å². The van der Waals surface area contributed by atoms with Gasteiger partial charge in [0.1, 0.15) is 23.2 Å². The van der Waals surface area contributed by atoms with Crippen molar-refractivity contribution in [3.63, 3.8) is 0 Å². The Morgan fingerprint density at radius 2 is 2.00 bits per heavy atom. The van der Waals surface area contributed by atoms with Crippen LogP contribution in [0.1, 0.15) is 19.1 Å². The molecule has 0 saturated carbocycles. The van der Waals surface area contributed by atoms with Gasteiger partial charge in [-0.05, 0) is 37.1 Å². The molecule has 2 aliphatic rings. The van der Waals surface area contributed by atoms with Crippen LogP contribution < -0.4 is 0 Å². The largest absolute Gasteiger partial charge is 0.457 e. The van der Waals surface area contributed by atoms with Crippen LogP contribution in [0.3, 0.4) is 0 Å². The third kappa shape index (κ3) is 4.08. The van der Waals surface area contributed by atoms with Crippen molar-refractivity contribution in [2.45, 2.75) is 19.4 Å². The van der Waals surface area contributed by atoms with Crippen LogP contribution in [0.2, 0.25) is 0 Å². The molecule has 1 aromatic carbocycles. The molecule has 168 valence electrons. The number of nitro benzene ring substituents is 1. The molecule has 2 aromatic rings. The van der Waals surface area contributed by atoms with Crippen molar-refractivity contribution >= 4 is 33.4 Å². The van der Waals surface area contributed by atoms with E-state index in [1.165, 1.54) is 31.2 Å². The van der Waals surface area contributed by atoms with E-state index in [1.807, 2.05) is 6.07 Å². The Labute approximate surface area is 188 Å². The van der Waals surface area contributed by atoms with Crippen LogP contribution in [-0.4, -0.2) is 47.6 Å². The Morgan fingerprint density at radius 3 is 2.64 bits per heavy atom. The molecule has 3 heterocycles. The third-order valence-corrected chi connectivity index (χ3v) is 7.35. The van der Waals surface area contributed by atoms with Gasteiger partial charge in [-0.1, -0.05) is 12.1 Å². The standard InChI is InChI=1S/C22H17N3O7S/c1-13-18(10-17-5-6-20(32-17)14-3-2-4-15(9-14)25(28)29)21(26)24(22(27)19(13)11-23)16-7-8-33(30,31)12-16/h2-6,9-10,16H,7-8,12H2,1H3/b18-10-/t16-/m1/s1. The van der Waals surface area contributed by atoms with Gasteiger partial charge in [0.2, 0.25) is 0 Å². The third-order valence-electron chi connectivity index (χ3n) is 5.60. The average molecular weight is 467 g/mol. The van der Waals surface area contributed by atoms with Gasteiger partial charge in [-0.2, -0.15) is 5.26 Å². The van der Waals surface area contributed by atoms with Gasteiger partial charge in [-0.25, -0.2) is 8.42 Å². The SMILES string of the molecule is CC1=C(C#N)C(=O)N([C@@H]2CCS(=O)(=O)C2)C(=O)/C1=C\c1ccc(-c2cccc([N+](=O)[O-])c2)o1. The Bertz CT molecular complexity index is 1410. The maximum absolute atomic E-state index is 13.2. The summed E-state index contributed by atoms with van der Waals surface area (Å²) in [6, 6.07) is 9.95. The van der Waals surface area contributed by atoms with Gasteiger partial charge in [0, 0.05) is 23.3 Å². The van der Waals surface area contributed by atoms with Crippen molar-refractivity contribution in [2.24, 2.45) is 0 Å². The van der Waals surface area contributed by atoms with Gasteiger partial charge in [-0.15, -0.1) is 0 Å². The van der Waals surface area contributed by atoms with E-state index in [-0.39, 0.29) is 46.1 Å². The zero-order chi connectivity index (χ0) is 23.9. The van der Waals surface area contributed by atoms with Crippen molar-refractivity contribution in [3.05, 3.63) is 69.0 Å². The van der Waals surface area contributed by atoms with E-state index >= 15 is 0 Å². The zero-order valence-corrected chi connectivity index (χ0v) is 18.2. The number of benzene rings is 1. The van der Waals surface area contributed by atoms with E-state index in [4.69, 9.17) is 4.42 Å². The Balaban J connectivity index is 1.73. The summed E-state index contributed by atoms with van der Waals surface area (Å²) in [5.74, 6) is -1.44. The molecule has 11 heteroatoms. The lowest BCUT2D eigenvalue weighted by Gasteiger charge is -2.31. The van der Waals surface area contributed by atoms with Crippen LogP contribution in [0.5, 0.6) is 0 Å². The number of hydrogen-bond donors (Lipinski definition) is 0. The highest BCUT2D eigenvalue weighted by Crippen LogP contribution is 2.32. The molecule has 0 bridgehead atoms. The number of rotatable bonds is 4. The molecule has 0 radical (unpaired) electrons. The second-order valence-corrected chi connectivity index (χ2v) is 9.95.